The first-order chi connectivity index (χ1) is 10.9. The van der Waals surface area contributed by atoms with Crippen LogP contribution in [0.15, 0.2) is 24.3 Å². The van der Waals surface area contributed by atoms with Gasteiger partial charge in [-0.25, -0.2) is 4.79 Å². The number of nitrogens with zero attached hydrogens (tertiary/aromatic N) is 2. The van der Waals surface area contributed by atoms with E-state index in [1.165, 1.54) is 6.07 Å². The predicted octanol–water partition coefficient (Wildman–Crippen LogP) is 2.89. The third-order valence-corrected chi connectivity index (χ3v) is 4.31. The number of esters is 1. The SMILES string of the molecule is C[C@@H]1CCC[C@@H](C)N1C(=O)[C@@H](C)OC(=O)c1cccc(C#N)c1. The molecule has 2 rings (SSSR count). The van der Waals surface area contributed by atoms with Crippen molar-refractivity contribution in [2.45, 2.75) is 58.2 Å². The molecule has 3 atom stereocenters. The Bertz CT molecular complexity index is 625. The molecule has 1 aromatic carbocycles. The van der Waals surface area contributed by atoms with Crippen molar-refractivity contribution in [1.29, 1.82) is 5.26 Å². The second-order valence-corrected chi connectivity index (χ2v) is 6.11. The van der Waals surface area contributed by atoms with E-state index in [0.29, 0.717) is 5.56 Å². The van der Waals surface area contributed by atoms with Gasteiger partial charge in [0.05, 0.1) is 17.2 Å². The Morgan fingerprint density at radius 2 is 1.96 bits per heavy atom. The van der Waals surface area contributed by atoms with Crippen molar-refractivity contribution >= 4 is 11.9 Å². The summed E-state index contributed by atoms with van der Waals surface area (Å²) in [6, 6.07) is 8.58. The number of carbonyl (C=O) groups excluding carboxylic acids is 2. The van der Waals surface area contributed by atoms with Gasteiger partial charge in [0, 0.05) is 12.1 Å². The number of hydrogen-bond donors (Lipinski definition) is 0. The Kier molecular flexibility index (Phi) is 5.38. The second kappa shape index (κ2) is 7.28. The van der Waals surface area contributed by atoms with Crippen LogP contribution in [-0.2, 0) is 9.53 Å². The van der Waals surface area contributed by atoms with Gasteiger partial charge in [-0.15, -0.1) is 0 Å². The molecule has 1 aliphatic heterocycles. The third kappa shape index (κ3) is 3.89. The lowest BCUT2D eigenvalue weighted by Gasteiger charge is -2.40. The Balaban J connectivity index is 2.05. The van der Waals surface area contributed by atoms with Gasteiger partial charge in [0.25, 0.3) is 5.91 Å². The van der Waals surface area contributed by atoms with Crippen molar-refractivity contribution in [1.82, 2.24) is 4.90 Å². The molecule has 0 aromatic heterocycles. The normalized spacial score (nSPS) is 22.1. The van der Waals surface area contributed by atoms with Crippen molar-refractivity contribution in [3.8, 4) is 6.07 Å². The lowest BCUT2D eigenvalue weighted by atomic mass is 9.97. The second-order valence-electron chi connectivity index (χ2n) is 6.11. The van der Waals surface area contributed by atoms with Crippen molar-refractivity contribution < 1.29 is 14.3 Å². The fourth-order valence-corrected chi connectivity index (χ4v) is 3.06. The first-order valence-corrected chi connectivity index (χ1v) is 7.97. The number of carbonyl (C=O) groups is 2. The van der Waals surface area contributed by atoms with Gasteiger partial charge < -0.3 is 9.64 Å². The van der Waals surface area contributed by atoms with Crippen LogP contribution in [0.5, 0.6) is 0 Å². The summed E-state index contributed by atoms with van der Waals surface area (Å²) >= 11 is 0. The zero-order valence-electron chi connectivity index (χ0n) is 13.8. The van der Waals surface area contributed by atoms with Gasteiger partial charge in [-0.2, -0.15) is 5.26 Å². The first kappa shape index (κ1) is 17.0. The number of ether oxygens (including phenoxy) is 1. The molecule has 0 N–H and O–H groups in total. The molecule has 0 unspecified atom stereocenters. The Morgan fingerprint density at radius 3 is 2.57 bits per heavy atom. The van der Waals surface area contributed by atoms with Crippen LogP contribution in [0, 0.1) is 11.3 Å². The van der Waals surface area contributed by atoms with Crippen LogP contribution in [0.25, 0.3) is 0 Å². The van der Waals surface area contributed by atoms with Gasteiger partial charge in [0.15, 0.2) is 6.10 Å². The third-order valence-electron chi connectivity index (χ3n) is 4.31. The van der Waals surface area contributed by atoms with Gasteiger partial charge in [0.1, 0.15) is 0 Å². The molecule has 5 heteroatoms. The molecule has 1 aromatic rings. The minimum Gasteiger partial charge on any atom is -0.449 e. The quantitative estimate of drug-likeness (QED) is 0.804. The number of nitriles is 1. The Morgan fingerprint density at radius 1 is 1.30 bits per heavy atom. The van der Waals surface area contributed by atoms with Crippen LogP contribution >= 0.6 is 0 Å². The average molecular weight is 314 g/mol. The van der Waals surface area contributed by atoms with Crippen molar-refractivity contribution in [2.24, 2.45) is 0 Å². The molecular weight excluding hydrogens is 292 g/mol. The van der Waals surface area contributed by atoms with Crippen LogP contribution in [0.2, 0.25) is 0 Å². The lowest BCUT2D eigenvalue weighted by molar-refractivity contribution is -0.146. The largest absolute Gasteiger partial charge is 0.449 e. The summed E-state index contributed by atoms with van der Waals surface area (Å²) in [6.07, 6.45) is 2.22. The number of rotatable bonds is 3. The first-order valence-electron chi connectivity index (χ1n) is 7.97. The summed E-state index contributed by atoms with van der Waals surface area (Å²) in [7, 11) is 0. The van der Waals surface area contributed by atoms with Crippen molar-refractivity contribution in [2.75, 3.05) is 0 Å². The van der Waals surface area contributed by atoms with Gasteiger partial charge in [-0.3, -0.25) is 4.79 Å². The van der Waals surface area contributed by atoms with Crippen molar-refractivity contribution in [3.63, 3.8) is 0 Å². The molecule has 23 heavy (non-hydrogen) atoms. The Labute approximate surface area is 136 Å². The zero-order valence-corrected chi connectivity index (χ0v) is 13.8. The molecule has 0 aliphatic carbocycles. The number of piperidine rings is 1. The molecule has 1 saturated heterocycles. The molecule has 0 bridgehead atoms. The summed E-state index contributed by atoms with van der Waals surface area (Å²) in [6.45, 7) is 5.65. The van der Waals surface area contributed by atoms with Crippen LogP contribution in [-0.4, -0.2) is 35.0 Å². The lowest BCUT2D eigenvalue weighted by Crippen LogP contribution is -2.51. The maximum atomic E-state index is 12.6. The number of hydrogen-bond acceptors (Lipinski definition) is 4. The van der Waals surface area contributed by atoms with Gasteiger partial charge in [-0.05, 0) is 58.2 Å². The summed E-state index contributed by atoms with van der Waals surface area (Å²) < 4.78 is 5.31. The fourth-order valence-electron chi connectivity index (χ4n) is 3.06. The minimum absolute atomic E-state index is 0.158. The van der Waals surface area contributed by atoms with Crippen LogP contribution in [0.1, 0.15) is 56.0 Å². The van der Waals surface area contributed by atoms with E-state index in [4.69, 9.17) is 10.00 Å². The summed E-state index contributed by atoms with van der Waals surface area (Å²) in [5.74, 6) is -0.741. The molecule has 0 radical (unpaired) electrons. The summed E-state index contributed by atoms with van der Waals surface area (Å²) in [5.41, 5.74) is 0.667. The fraction of sp³-hybridized carbons (Fsp3) is 0.500. The minimum atomic E-state index is -0.837. The highest BCUT2D eigenvalue weighted by molar-refractivity contribution is 5.92. The average Bonchev–Trinajstić information content (AvgIpc) is 2.54. The maximum Gasteiger partial charge on any atom is 0.338 e. The molecular formula is C18H22N2O3. The number of likely N-dealkylation sites (tertiary alicyclic amines) is 1. The summed E-state index contributed by atoms with van der Waals surface area (Å²) in [4.78, 5) is 26.6. The van der Waals surface area contributed by atoms with E-state index >= 15 is 0 Å². The smallest absolute Gasteiger partial charge is 0.338 e. The predicted molar refractivity (Wildman–Crippen MR) is 85.7 cm³/mol. The maximum absolute atomic E-state index is 12.6. The highest BCUT2D eigenvalue weighted by Crippen LogP contribution is 2.24. The van der Waals surface area contributed by atoms with Crippen molar-refractivity contribution in [3.05, 3.63) is 35.4 Å². The van der Waals surface area contributed by atoms with E-state index in [2.05, 4.69) is 0 Å². The number of amides is 1. The van der Waals surface area contributed by atoms with E-state index in [9.17, 15) is 9.59 Å². The van der Waals surface area contributed by atoms with Crippen LogP contribution in [0.3, 0.4) is 0 Å². The molecule has 0 spiro atoms. The monoisotopic (exact) mass is 314 g/mol. The van der Waals surface area contributed by atoms with E-state index in [1.807, 2.05) is 24.8 Å². The van der Waals surface area contributed by atoms with Crippen LogP contribution < -0.4 is 0 Å². The van der Waals surface area contributed by atoms with Crippen LogP contribution in [0.4, 0.5) is 0 Å². The summed E-state index contributed by atoms with van der Waals surface area (Å²) in [5, 5.41) is 8.88. The number of benzene rings is 1. The van der Waals surface area contributed by atoms with E-state index in [0.717, 1.165) is 19.3 Å². The standard InChI is InChI=1S/C18H22N2O3/c1-12-6-4-7-13(2)20(12)17(21)14(3)23-18(22)16-9-5-8-15(10-16)11-19/h5,8-10,12-14H,4,6-7H2,1-3H3/t12-,13-,14-/m1/s1. The molecule has 122 valence electrons. The zero-order chi connectivity index (χ0) is 17.0. The van der Waals surface area contributed by atoms with Gasteiger partial charge >= 0.3 is 5.97 Å². The molecule has 1 aliphatic rings. The highest BCUT2D eigenvalue weighted by atomic mass is 16.5. The molecule has 1 fully saturated rings. The Hall–Kier alpha value is -2.35. The topological polar surface area (TPSA) is 70.4 Å². The molecule has 5 nitrogen and oxygen atoms in total. The highest BCUT2D eigenvalue weighted by Gasteiger charge is 2.33. The van der Waals surface area contributed by atoms with E-state index in [-0.39, 0.29) is 23.6 Å². The van der Waals surface area contributed by atoms with E-state index < -0.39 is 12.1 Å². The van der Waals surface area contributed by atoms with E-state index in [1.54, 1.807) is 25.1 Å². The molecule has 1 heterocycles. The van der Waals surface area contributed by atoms with Gasteiger partial charge in [0.2, 0.25) is 0 Å². The molecule has 0 saturated carbocycles. The molecule has 1 amide bonds. The van der Waals surface area contributed by atoms with Gasteiger partial charge in [-0.1, -0.05) is 6.07 Å².